The average Bonchev–Trinajstić information content (AvgIpc) is 3.12. The lowest BCUT2D eigenvalue weighted by Gasteiger charge is -2.28. The number of aromatic nitrogens is 4. The van der Waals surface area contributed by atoms with Gasteiger partial charge in [-0.3, -0.25) is 9.55 Å². The van der Waals surface area contributed by atoms with Gasteiger partial charge in [0.25, 0.3) is 0 Å². The molecule has 1 aliphatic carbocycles. The van der Waals surface area contributed by atoms with Crippen molar-refractivity contribution >= 4 is 0 Å². The molecule has 3 aromatic rings. The van der Waals surface area contributed by atoms with Gasteiger partial charge in [0.05, 0.1) is 12.3 Å². The van der Waals surface area contributed by atoms with Crippen LogP contribution in [0.25, 0.3) is 5.69 Å². The summed E-state index contributed by atoms with van der Waals surface area (Å²) in [5.74, 6) is 3.31. The Bertz CT molecular complexity index is 907. The average molecular weight is 377 g/mol. The summed E-state index contributed by atoms with van der Waals surface area (Å²) in [6, 6.07) is 12.7. The molecule has 5 heteroatoms. The predicted molar refractivity (Wildman–Crippen MR) is 110 cm³/mol. The van der Waals surface area contributed by atoms with E-state index in [1.54, 1.807) is 0 Å². The first-order valence-electron chi connectivity index (χ1n) is 10.2. The van der Waals surface area contributed by atoms with Gasteiger partial charge in [-0.05, 0) is 75.8 Å². The molecule has 28 heavy (non-hydrogen) atoms. The van der Waals surface area contributed by atoms with Crippen LogP contribution >= 0.6 is 0 Å². The zero-order chi connectivity index (χ0) is 19.5. The highest BCUT2D eigenvalue weighted by atomic mass is 16.5. The molecular weight excluding hydrogens is 348 g/mol. The van der Waals surface area contributed by atoms with Crippen LogP contribution in [0, 0.1) is 13.8 Å². The van der Waals surface area contributed by atoms with E-state index in [0.717, 1.165) is 60.9 Å². The van der Waals surface area contributed by atoms with Gasteiger partial charge >= 0.3 is 0 Å². The van der Waals surface area contributed by atoms with Crippen molar-refractivity contribution in [2.45, 2.75) is 64.9 Å². The molecule has 0 N–H and O–H groups in total. The maximum atomic E-state index is 6.13. The standard InChI is InChI=1S/C23H28N4O/c1-4-18-6-10-20(11-7-18)27-17(3)25-26-23(27)19-8-13-21(14-9-19)28-22-12-5-16(2)24-15-22/h5-7,10-12,15,19,21H,4,8-9,13-14H2,1-3H3. The molecule has 1 aliphatic rings. The number of nitrogens with zero attached hydrogens (tertiary/aromatic N) is 4. The van der Waals surface area contributed by atoms with Crippen LogP contribution < -0.4 is 4.74 Å². The minimum absolute atomic E-state index is 0.252. The Hall–Kier alpha value is -2.69. The zero-order valence-corrected chi connectivity index (χ0v) is 16.9. The van der Waals surface area contributed by atoms with E-state index in [-0.39, 0.29) is 6.10 Å². The second-order valence-electron chi connectivity index (χ2n) is 7.69. The van der Waals surface area contributed by atoms with Crippen LogP contribution in [0.15, 0.2) is 42.6 Å². The van der Waals surface area contributed by atoms with E-state index < -0.39 is 0 Å². The lowest BCUT2D eigenvalue weighted by molar-refractivity contribution is 0.144. The Balaban J connectivity index is 1.45. The topological polar surface area (TPSA) is 52.8 Å². The normalized spacial score (nSPS) is 19.5. The molecule has 0 atom stereocenters. The lowest BCUT2D eigenvalue weighted by Crippen LogP contribution is -2.24. The van der Waals surface area contributed by atoms with E-state index in [9.17, 15) is 0 Å². The molecule has 1 saturated carbocycles. The van der Waals surface area contributed by atoms with E-state index in [2.05, 4.69) is 50.9 Å². The second kappa shape index (κ2) is 8.13. The molecule has 4 rings (SSSR count). The fourth-order valence-corrected chi connectivity index (χ4v) is 4.00. The van der Waals surface area contributed by atoms with E-state index in [0.29, 0.717) is 5.92 Å². The molecule has 0 unspecified atom stereocenters. The van der Waals surface area contributed by atoms with Gasteiger partial charge in [0.2, 0.25) is 0 Å². The van der Waals surface area contributed by atoms with Crippen molar-refractivity contribution in [3.8, 4) is 11.4 Å². The summed E-state index contributed by atoms with van der Waals surface area (Å²) in [4.78, 5) is 4.32. The third-order valence-electron chi connectivity index (χ3n) is 5.68. The van der Waals surface area contributed by atoms with E-state index in [1.165, 1.54) is 5.56 Å². The number of rotatable bonds is 5. The van der Waals surface area contributed by atoms with Crippen LogP contribution in [0.2, 0.25) is 0 Å². The predicted octanol–water partition coefficient (Wildman–Crippen LogP) is 4.95. The van der Waals surface area contributed by atoms with Gasteiger partial charge in [0, 0.05) is 17.3 Å². The van der Waals surface area contributed by atoms with Crippen LogP contribution in [-0.2, 0) is 6.42 Å². The van der Waals surface area contributed by atoms with Crippen molar-refractivity contribution < 1.29 is 4.74 Å². The third kappa shape index (κ3) is 3.93. The summed E-state index contributed by atoms with van der Waals surface area (Å²) in [6.07, 6.45) is 7.31. The first-order chi connectivity index (χ1) is 13.6. The molecule has 0 bridgehead atoms. The van der Waals surface area contributed by atoms with Crippen LogP contribution in [0.1, 0.15) is 61.4 Å². The number of aryl methyl sites for hydroxylation is 3. The molecule has 2 heterocycles. The minimum atomic E-state index is 0.252. The van der Waals surface area contributed by atoms with E-state index >= 15 is 0 Å². The maximum Gasteiger partial charge on any atom is 0.140 e. The second-order valence-corrected chi connectivity index (χ2v) is 7.69. The molecule has 1 fully saturated rings. The van der Waals surface area contributed by atoms with Gasteiger partial charge in [-0.2, -0.15) is 0 Å². The summed E-state index contributed by atoms with van der Waals surface area (Å²) in [6.45, 7) is 6.20. The fraction of sp³-hybridized carbons (Fsp3) is 0.435. The highest BCUT2D eigenvalue weighted by Crippen LogP contribution is 2.35. The van der Waals surface area contributed by atoms with Crippen LogP contribution in [0.3, 0.4) is 0 Å². The Morgan fingerprint density at radius 1 is 0.964 bits per heavy atom. The highest BCUT2D eigenvalue weighted by molar-refractivity contribution is 5.37. The lowest BCUT2D eigenvalue weighted by atomic mass is 9.86. The first-order valence-corrected chi connectivity index (χ1v) is 10.2. The number of hydrogen-bond acceptors (Lipinski definition) is 4. The van der Waals surface area contributed by atoms with E-state index in [4.69, 9.17) is 4.74 Å². The monoisotopic (exact) mass is 376 g/mol. The zero-order valence-electron chi connectivity index (χ0n) is 16.9. The fourth-order valence-electron chi connectivity index (χ4n) is 4.00. The Labute approximate surface area is 166 Å². The van der Waals surface area contributed by atoms with Crippen molar-refractivity contribution in [3.63, 3.8) is 0 Å². The van der Waals surface area contributed by atoms with Gasteiger partial charge < -0.3 is 4.74 Å². The molecule has 1 aromatic carbocycles. The Morgan fingerprint density at radius 2 is 1.71 bits per heavy atom. The van der Waals surface area contributed by atoms with Crippen molar-refractivity contribution in [2.75, 3.05) is 0 Å². The largest absolute Gasteiger partial charge is 0.489 e. The number of pyridine rings is 1. The summed E-state index contributed by atoms with van der Waals surface area (Å²) >= 11 is 0. The number of hydrogen-bond donors (Lipinski definition) is 0. The quantitative estimate of drug-likeness (QED) is 0.632. The van der Waals surface area contributed by atoms with Crippen molar-refractivity contribution in [1.82, 2.24) is 19.7 Å². The summed E-state index contributed by atoms with van der Waals surface area (Å²) in [5.41, 5.74) is 3.51. The van der Waals surface area contributed by atoms with Crippen LogP contribution in [0.5, 0.6) is 5.75 Å². The summed E-state index contributed by atoms with van der Waals surface area (Å²) in [5, 5.41) is 8.92. The molecule has 0 spiro atoms. The van der Waals surface area contributed by atoms with Crippen molar-refractivity contribution in [2.24, 2.45) is 0 Å². The Kier molecular flexibility index (Phi) is 5.42. The highest BCUT2D eigenvalue weighted by Gasteiger charge is 2.28. The molecule has 5 nitrogen and oxygen atoms in total. The molecule has 2 aromatic heterocycles. The van der Waals surface area contributed by atoms with Gasteiger partial charge in [-0.25, -0.2) is 0 Å². The smallest absolute Gasteiger partial charge is 0.140 e. The van der Waals surface area contributed by atoms with Crippen LogP contribution in [-0.4, -0.2) is 25.9 Å². The van der Waals surface area contributed by atoms with Gasteiger partial charge in [-0.1, -0.05) is 19.1 Å². The van der Waals surface area contributed by atoms with E-state index in [1.807, 2.05) is 32.2 Å². The van der Waals surface area contributed by atoms with Gasteiger partial charge in [-0.15, -0.1) is 10.2 Å². The molecular formula is C23H28N4O. The minimum Gasteiger partial charge on any atom is -0.489 e. The van der Waals surface area contributed by atoms with Crippen molar-refractivity contribution in [3.05, 3.63) is 65.5 Å². The van der Waals surface area contributed by atoms with Gasteiger partial charge in [0.1, 0.15) is 17.4 Å². The molecule has 0 saturated heterocycles. The summed E-state index contributed by atoms with van der Waals surface area (Å²) in [7, 11) is 0. The molecule has 146 valence electrons. The van der Waals surface area contributed by atoms with Gasteiger partial charge in [0.15, 0.2) is 0 Å². The number of benzene rings is 1. The maximum absolute atomic E-state index is 6.13. The summed E-state index contributed by atoms with van der Waals surface area (Å²) < 4.78 is 8.35. The van der Waals surface area contributed by atoms with Crippen LogP contribution in [0.4, 0.5) is 0 Å². The molecule has 0 amide bonds. The third-order valence-corrected chi connectivity index (χ3v) is 5.68. The number of ether oxygens (including phenoxy) is 1. The van der Waals surface area contributed by atoms with Crippen molar-refractivity contribution in [1.29, 1.82) is 0 Å². The Morgan fingerprint density at radius 3 is 2.36 bits per heavy atom. The molecule has 0 aliphatic heterocycles. The first kappa shape index (κ1) is 18.7. The SMILES string of the molecule is CCc1ccc(-n2c(C)nnc2C2CCC(Oc3ccc(C)nc3)CC2)cc1. The molecule has 0 radical (unpaired) electrons.